The molecule has 0 saturated carbocycles. The van der Waals surface area contributed by atoms with Crippen LogP contribution in [0, 0.1) is 11.3 Å². The van der Waals surface area contributed by atoms with Crippen molar-refractivity contribution in [2.75, 3.05) is 24.2 Å². The van der Waals surface area contributed by atoms with Gasteiger partial charge in [0.2, 0.25) is 0 Å². The lowest BCUT2D eigenvalue weighted by Crippen LogP contribution is -2.13. The van der Waals surface area contributed by atoms with Crippen LogP contribution in [0.4, 0.5) is 10.7 Å². The van der Waals surface area contributed by atoms with E-state index in [1.165, 1.54) is 0 Å². The molecule has 0 unspecified atom stereocenters. The molecule has 98 valence electrons. The van der Waals surface area contributed by atoms with Gasteiger partial charge >= 0.3 is 0 Å². The van der Waals surface area contributed by atoms with E-state index >= 15 is 0 Å². The van der Waals surface area contributed by atoms with E-state index in [1.54, 1.807) is 0 Å². The number of nitrogen functional groups attached to an aromatic ring is 1. The van der Waals surface area contributed by atoms with E-state index in [9.17, 15) is 4.79 Å². The highest BCUT2D eigenvalue weighted by Crippen LogP contribution is 2.34. The molecule has 0 bridgehead atoms. The predicted octanol–water partition coefficient (Wildman–Crippen LogP) is 1.14. The van der Waals surface area contributed by atoms with Crippen molar-refractivity contribution in [1.29, 1.82) is 5.26 Å². The molecule has 1 amide bonds. The van der Waals surface area contributed by atoms with Crippen molar-refractivity contribution in [2.24, 2.45) is 5.73 Å². The number of nitriles is 1. The van der Waals surface area contributed by atoms with Crippen LogP contribution in [0.15, 0.2) is 0 Å². The Morgan fingerprint density at radius 2 is 2.28 bits per heavy atom. The number of hydrogen-bond acceptors (Lipinski definition) is 6. The Bertz CT molecular complexity index is 476. The first kappa shape index (κ1) is 14.3. The smallest absolute Gasteiger partial charge is 0.261 e. The second-order valence-corrected chi connectivity index (χ2v) is 4.89. The Morgan fingerprint density at radius 1 is 1.61 bits per heavy atom. The fourth-order valence-corrected chi connectivity index (χ4v) is 2.27. The molecule has 7 heteroatoms. The van der Waals surface area contributed by atoms with E-state index in [4.69, 9.17) is 21.5 Å². The van der Waals surface area contributed by atoms with Crippen LogP contribution >= 0.6 is 11.3 Å². The van der Waals surface area contributed by atoms with Crippen LogP contribution in [0.5, 0.6) is 0 Å². The fraction of sp³-hybridized carbons (Fsp3) is 0.455. The van der Waals surface area contributed by atoms with Gasteiger partial charge in [-0.3, -0.25) is 4.79 Å². The summed E-state index contributed by atoms with van der Waals surface area (Å²) in [7, 11) is 0. The molecule has 0 aliphatic carbocycles. The summed E-state index contributed by atoms with van der Waals surface area (Å²) in [5.74, 6) is -0.625. The number of amides is 1. The van der Waals surface area contributed by atoms with Gasteiger partial charge in [0.15, 0.2) is 0 Å². The number of anilines is 2. The number of ether oxygens (including phenoxy) is 1. The van der Waals surface area contributed by atoms with Crippen molar-refractivity contribution in [1.82, 2.24) is 0 Å². The maximum absolute atomic E-state index is 11.1. The lowest BCUT2D eigenvalue weighted by molar-refractivity contribution is 0.0871. The fourth-order valence-electron chi connectivity index (χ4n) is 1.32. The molecule has 0 aliphatic heterocycles. The molecule has 0 saturated heterocycles. The first-order valence-corrected chi connectivity index (χ1v) is 6.26. The number of thiophene rings is 1. The molecule has 1 rings (SSSR count). The third-order valence-corrected chi connectivity index (χ3v) is 3.30. The van der Waals surface area contributed by atoms with Gasteiger partial charge in [-0.2, -0.15) is 5.26 Å². The highest BCUT2D eigenvalue weighted by molar-refractivity contribution is 7.18. The number of hydrogen-bond donors (Lipinski definition) is 3. The van der Waals surface area contributed by atoms with Gasteiger partial charge in [-0.15, -0.1) is 11.3 Å². The minimum atomic E-state index is -0.625. The Kier molecular flexibility index (Phi) is 4.95. The van der Waals surface area contributed by atoms with Crippen molar-refractivity contribution >= 4 is 27.9 Å². The molecule has 18 heavy (non-hydrogen) atoms. The highest BCUT2D eigenvalue weighted by atomic mass is 32.1. The minimum absolute atomic E-state index is 0.141. The number of nitrogens with two attached hydrogens (primary N) is 2. The Morgan fingerprint density at radius 3 is 2.78 bits per heavy atom. The summed E-state index contributed by atoms with van der Waals surface area (Å²) in [5.41, 5.74) is 11.3. The number of carbonyl (C=O) groups is 1. The average molecular weight is 268 g/mol. The standard InChI is InChI=1S/C11H16N4O2S/c1-6(2)17-4-3-15-11-7(5-12)8(13)9(18-11)10(14)16/h6,15H,3-4,13H2,1-2H3,(H2,14,16). The summed E-state index contributed by atoms with van der Waals surface area (Å²) in [6.45, 7) is 4.92. The van der Waals surface area contributed by atoms with E-state index in [0.29, 0.717) is 18.2 Å². The van der Waals surface area contributed by atoms with Crippen LogP contribution in [0.25, 0.3) is 0 Å². The summed E-state index contributed by atoms with van der Waals surface area (Å²) in [6, 6.07) is 1.96. The normalized spacial score (nSPS) is 10.3. The number of rotatable bonds is 6. The first-order chi connectivity index (χ1) is 8.47. The lowest BCUT2D eigenvalue weighted by Gasteiger charge is -2.08. The SMILES string of the molecule is CC(C)OCCNc1sc(C(N)=O)c(N)c1C#N. The van der Waals surface area contributed by atoms with Gasteiger partial charge in [0.25, 0.3) is 5.91 Å². The maximum atomic E-state index is 11.1. The van der Waals surface area contributed by atoms with E-state index in [2.05, 4.69) is 5.32 Å². The Hall–Kier alpha value is -1.78. The molecule has 5 N–H and O–H groups in total. The Labute approximate surface area is 110 Å². The van der Waals surface area contributed by atoms with Gasteiger partial charge in [-0.1, -0.05) is 0 Å². The predicted molar refractivity (Wildman–Crippen MR) is 71.5 cm³/mol. The first-order valence-electron chi connectivity index (χ1n) is 5.45. The molecule has 0 spiro atoms. The summed E-state index contributed by atoms with van der Waals surface area (Å²) in [4.78, 5) is 11.3. The summed E-state index contributed by atoms with van der Waals surface area (Å²) in [5, 5.41) is 12.6. The molecule has 0 aliphatic rings. The second-order valence-electron chi connectivity index (χ2n) is 3.87. The molecule has 0 fully saturated rings. The van der Waals surface area contributed by atoms with E-state index in [-0.39, 0.29) is 22.2 Å². The lowest BCUT2D eigenvalue weighted by atomic mass is 10.2. The molecular weight excluding hydrogens is 252 g/mol. The van der Waals surface area contributed by atoms with Crippen LogP contribution in [0.1, 0.15) is 29.1 Å². The van der Waals surface area contributed by atoms with Crippen molar-refractivity contribution in [2.45, 2.75) is 20.0 Å². The van der Waals surface area contributed by atoms with Gasteiger partial charge < -0.3 is 21.5 Å². The van der Waals surface area contributed by atoms with Gasteiger partial charge in [0.1, 0.15) is 21.5 Å². The zero-order chi connectivity index (χ0) is 13.7. The third-order valence-electron chi connectivity index (χ3n) is 2.12. The molecular formula is C11H16N4O2S. The van der Waals surface area contributed by atoms with Crippen LogP contribution in [0.3, 0.4) is 0 Å². The molecule has 1 heterocycles. The highest BCUT2D eigenvalue weighted by Gasteiger charge is 2.18. The Balaban J connectivity index is 2.74. The number of carbonyl (C=O) groups excluding carboxylic acids is 1. The van der Waals surface area contributed by atoms with E-state index < -0.39 is 5.91 Å². The van der Waals surface area contributed by atoms with Gasteiger partial charge in [-0.25, -0.2) is 0 Å². The van der Waals surface area contributed by atoms with Crippen molar-refractivity contribution in [3.63, 3.8) is 0 Å². The monoisotopic (exact) mass is 268 g/mol. The van der Waals surface area contributed by atoms with Gasteiger partial charge in [0.05, 0.1) is 18.4 Å². The number of nitrogens with one attached hydrogen (secondary N) is 1. The minimum Gasteiger partial charge on any atom is -0.396 e. The summed E-state index contributed by atoms with van der Waals surface area (Å²) in [6.07, 6.45) is 0.150. The molecule has 1 aromatic rings. The summed E-state index contributed by atoms with van der Waals surface area (Å²) < 4.78 is 5.36. The van der Waals surface area contributed by atoms with Gasteiger partial charge in [-0.05, 0) is 13.8 Å². The largest absolute Gasteiger partial charge is 0.396 e. The van der Waals surface area contributed by atoms with Gasteiger partial charge in [0, 0.05) is 6.54 Å². The van der Waals surface area contributed by atoms with Crippen molar-refractivity contribution in [3.8, 4) is 6.07 Å². The molecule has 6 nitrogen and oxygen atoms in total. The third kappa shape index (κ3) is 3.35. The van der Waals surface area contributed by atoms with Crippen LogP contribution in [-0.4, -0.2) is 25.2 Å². The molecule has 0 aromatic carbocycles. The average Bonchev–Trinajstić information content (AvgIpc) is 2.61. The molecule has 0 atom stereocenters. The van der Waals surface area contributed by atoms with E-state index in [0.717, 1.165) is 11.3 Å². The van der Waals surface area contributed by atoms with Crippen molar-refractivity contribution < 1.29 is 9.53 Å². The topological polar surface area (TPSA) is 114 Å². The number of nitrogens with zero attached hydrogens (tertiary/aromatic N) is 1. The summed E-state index contributed by atoms with van der Waals surface area (Å²) >= 11 is 1.09. The van der Waals surface area contributed by atoms with Crippen LogP contribution in [-0.2, 0) is 4.74 Å². The van der Waals surface area contributed by atoms with E-state index in [1.807, 2.05) is 19.9 Å². The maximum Gasteiger partial charge on any atom is 0.261 e. The zero-order valence-electron chi connectivity index (χ0n) is 10.3. The molecule has 0 radical (unpaired) electrons. The number of primary amides is 1. The van der Waals surface area contributed by atoms with Crippen LogP contribution < -0.4 is 16.8 Å². The molecule has 1 aromatic heterocycles. The second kappa shape index (κ2) is 6.23. The quantitative estimate of drug-likeness (QED) is 0.669. The van der Waals surface area contributed by atoms with Crippen molar-refractivity contribution in [3.05, 3.63) is 10.4 Å². The van der Waals surface area contributed by atoms with Crippen LogP contribution in [0.2, 0.25) is 0 Å². The zero-order valence-corrected chi connectivity index (χ0v) is 11.1.